The summed E-state index contributed by atoms with van der Waals surface area (Å²) in [6, 6.07) is 4.99. The molecular weight excluding hydrogens is 305 g/mol. The third-order valence-electron chi connectivity index (χ3n) is 3.10. The van der Waals surface area contributed by atoms with Crippen molar-refractivity contribution in [1.82, 2.24) is 4.90 Å². The molecule has 0 saturated carbocycles. The highest BCUT2D eigenvalue weighted by molar-refractivity contribution is 6.42. The topological polar surface area (TPSA) is 74.7 Å². The Morgan fingerprint density at radius 3 is 2.60 bits per heavy atom. The number of imide groups is 1. The molecule has 0 bridgehead atoms. The van der Waals surface area contributed by atoms with Crippen molar-refractivity contribution in [2.45, 2.75) is 12.8 Å². The number of carbonyl (C=O) groups is 3. The number of carboxylic acids is 1. The number of benzene rings is 1. The third kappa shape index (κ3) is 3.11. The van der Waals surface area contributed by atoms with E-state index >= 15 is 0 Å². The molecule has 1 unspecified atom stereocenters. The quantitative estimate of drug-likeness (QED) is 0.862. The van der Waals surface area contributed by atoms with Crippen LogP contribution in [0.5, 0.6) is 0 Å². The Labute approximate surface area is 125 Å². The second-order valence-corrected chi connectivity index (χ2v) is 5.38. The molecule has 0 radical (unpaired) electrons. The first-order valence-electron chi connectivity index (χ1n) is 5.88. The van der Waals surface area contributed by atoms with E-state index in [9.17, 15) is 14.4 Å². The van der Waals surface area contributed by atoms with Crippen LogP contribution in [-0.2, 0) is 20.8 Å². The lowest BCUT2D eigenvalue weighted by Gasteiger charge is -2.12. The Hall–Kier alpha value is -1.59. The predicted molar refractivity (Wildman–Crippen MR) is 72.6 cm³/mol. The molecule has 0 spiro atoms. The second kappa shape index (κ2) is 5.81. The van der Waals surface area contributed by atoms with Crippen LogP contribution in [0.1, 0.15) is 12.0 Å². The van der Waals surface area contributed by atoms with Crippen LogP contribution in [0.15, 0.2) is 18.2 Å². The van der Waals surface area contributed by atoms with Crippen molar-refractivity contribution < 1.29 is 19.5 Å². The summed E-state index contributed by atoms with van der Waals surface area (Å²) in [5, 5.41) is 9.47. The van der Waals surface area contributed by atoms with E-state index in [-0.39, 0.29) is 6.42 Å². The van der Waals surface area contributed by atoms with Crippen LogP contribution in [0.3, 0.4) is 0 Å². The van der Waals surface area contributed by atoms with Crippen molar-refractivity contribution in [3.63, 3.8) is 0 Å². The molecule has 20 heavy (non-hydrogen) atoms. The normalized spacial score (nSPS) is 18.7. The fourth-order valence-electron chi connectivity index (χ4n) is 2.16. The zero-order valence-corrected chi connectivity index (χ0v) is 11.8. The number of carbonyl (C=O) groups excluding carboxylic acids is 2. The van der Waals surface area contributed by atoms with Gasteiger partial charge in [-0.15, -0.1) is 0 Å². The maximum atomic E-state index is 12.0. The van der Waals surface area contributed by atoms with Crippen molar-refractivity contribution in [3.8, 4) is 0 Å². The lowest BCUT2D eigenvalue weighted by Crippen LogP contribution is -2.35. The average molecular weight is 316 g/mol. The summed E-state index contributed by atoms with van der Waals surface area (Å²) in [4.78, 5) is 35.0. The van der Waals surface area contributed by atoms with Crippen molar-refractivity contribution in [1.29, 1.82) is 0 Å². The molecule has 1 aromatic rings. The number of amides is 2. The van der Waals surface area contributed by atoms with Gasteiger partial charge in [-0.2, -0.15) is 0 Å². The molecule has 1 N–H and O–H groups in total. The molecular formula is C13H11Cl2NO4. The molecule has 1 atom stereocenters. The highest BCUT2D eigenvalue weighted by atomic mass is 35.5. The molecule has 1 aliphatic rings. The Morgan fingerprint density at radius 2 is 2.00 bits per heavy atom. The largest absolute Gasteiger partial charge is 0.480 e. The van der Waals surface area contributed by atoms with Gasteiger partial charge in [0.15, 0.2) is 0 Å². The molecule has 5 nitrogen and oxygen atoms in total. The minimum atomic E-state index is -1.21. The standard InChI is InChI=1S/C13H11Cl2NO4/c14-9-2-1-7(4-10(9)15)3-8-5-11(17)16(13(8)20)6-12(18)19/h1-2,4,8H,3,5-6H2,(H,18,19). The van der Waals surface area contributed by atoms with Gasteiger partial charge >= 0.3 is 5.97 Å². The van der Waals surface area contributed by atoms with E-state index in [0.717, 1.165) is 10.5 Å². The lowest BCUT2D eigenvalue weighted by molar-refractivity contribution is -0.149. The van der Waals surface area contributed by atoms with Gasteiger partial charge in [-0.1, -0.05) is 29.3 Å². The summed E-state index contributed by atoms with van der Waals surface area (Å²) in [6.07, 6.45) is 0.351. The van der Waals surface area contributed by atoms with Gasteiger partial charge < -0.3 is 5.11 Å². The Bertz CT molecular complexity index is 588. The number of carboxylic acid groups (broad SMARTS) is 1. The van der Waals surface area contributed by atoms with Crippen LogP contribution in [0, 0.1) is 5.92 Å². The first kappa shape index (κ1) is 14.8. The zero-order valence-electron chi connectivity index (χ0n) is 10.3. The molecule has 1 heterocycles. The molecule has 1 saturated heterocycles. The van der Waals surface area contributed by atoms with Gasteiger partial charge in [-0.25, -0.2) is 0 Å². The number of hydrogen-bond acceptors (Lipinski definition) is 3. The summed E-state index contributed by atoms with van der Waals surface area (Å²) in [5.74, 6) is -2.66. The van der Waals surface area contributed by atoms with Gasteiger partial charge in [0.2, 0.25) is 11.8 Å². The summed E-state index contributed by atoms with van der Waals surface area (Å²) >= 11 is 11.7. The van der Waals surface area contributed by atoms with Crippen LogP contribution < -0.4 is 0 Å². The van der Waals surface area contributed by atoms with Crippen molar-refractivity contribution in [2.75, 3.05) is 6.54 Å². The van der Waals surface area contributed by atoms with E-state index < -0.39 is 30.2 Å². The molecule has 1 aliphatic heterocycles. The van der Waals surface area contributed by atoms with Gasteiger partial charge in [-0.05, 0) is 24.1 Å². The van der Waals surface area contributed by atoms with Crippen molar-refractivity contribution >= 4 is 41.0 Å². The number of nitrogens with zero attached hydrogens (tertiary/aromatic N) is 1. The molecule has 106 valence electrons. The highest BCUT2D eigenvalue weighted by Crippen LogP contribution is 2.27. The summed E-state index contributed by atoms with van der Waals surface area (Å²) in [5.41, 5.74) is 0.780. The number of aliphatic carboxylic acids is 1. The molecule has 7 heteroatoms. The van der Waals surface area contributed by atoms with E-state index in [1.54, 1.807) is 18.2 Å². The first-order chi connectivity index (χ1) is 9.38. The average Bonchev–Trinajstić information content (AvgIpc) is 2.61. The van der Waals surface area contributed by atoms with E-state index in [4.69, 9.17) is 28.3 Å². The zero-order chi connectivity index (χ0) is 14.9. The van der Waals surface area contributed by atoms with E-state index in [1.165, 1.54) is 0 Å². The van der Waals surface area contributed by atoms with Gasteiger partial charge in [0, 0.05) is 6.42 Å². The van der Waals surface area contributed by atoms with Crippen LogP contribution in [0.4, 0.5) is 0 Å². The van der Waals surface area contributed by atoms with E-state index in [2.05, 4.69) is 0 Å². The Morgan fingerprint density at radius 1 is 1.30 bits per heavy atom. The highest BCUT2D eigenvalue weighted by Gasteiger charge is 2.39. The molecule has 1 aromatic carbocycles. The Kier molecular flexibility index (Phi) is 4.30. The Balaban J connectivity index is 2.11. The van der Waals surface area contributed by atoms with Gasteiger partial charge in [0.05, 0.1) is 16.0 Å². The monoisotopic (exact) mass is 315 g/mol. The number of rotatable bonds is 4. The minimum Gasteiger partial charge on any atom is -0.480 e. The molecule has 2 rings (SSSR count). The summed E-state index contributed by atoms with van der Waals surface area (Å²) < 4.78 is 0. The molecule has 2 amide bonds. The smallest absolute Gasteiger partial charge is 0.323 e. The van der Waals surface area contributed by atoms with Crippen LogP contribution in [0.2, 0.25) is 10.0 Å². The maximum Gasteiger partial charge on any atom is 0.323 e. The number of hydrogen-bond donors (Lipinski definition) is 1. The van der Waals surface area contributed by atoms with Gasteiger partial charge in [0.25, 0.3) is 0 Å². The second-order valence-electron chi connectivity index (χ2n) is 4.57. The lowest BCUT2D eigenvalue weighted by atomic mass is 9.98. The maximum absolute atomic E-state index is 12.0. The fourth-order valence-corrected chi connectivity index (χ4v) is 2.48. The van der Waals surface area contributed by atoms with Gasteiger partial charge in [0.1, 0.15) is 6.54 Å². The van der Waals surface area contributed by atoms with Crippen LogP contribution in [0.25, 0.3) is 0 Å². The number of likely N-dealkylation sites (tertiary alicyclic amines) is 1. The molecule has 0 aromatic heterocycles. The van der Waals surface area contributed by atoms with E-state index in [1.807, 2.05) is 0 Å². The number of halogens is 2. The van der Waals surface area contributed by atoms with E-state index in [0.29, 0.717) is 16.5 Å². The first-order valence-corrected chi connectivity index (χ1v) is 6.64. The molecule has 0 aliphatic carbocycles. The summed E-state index contributed by atoms with van der Waals surface area (Å²) in [7, 11) is 0. The van der Waals surface area contributed by atoms with Gasteiger partial charge in [-0.3, -0.25) is 19.3 Å². The SMILES string of the molecule is O=C(O)CN1C(=O)CC(Cc2ccc(Cl)c(Cl)c2)C1=O. The van der Waals surface area contributed by atoms with Crippen LogP contribution in [-0.4, -0.2) is 34.3 Å². The van der Waals surface area contributed by atoms with Crippen molar-refractivity contribution in [2.24, 2.45) is 5.92 Å². The third-order valence-corrected chi connectivity index (χ3v) is 3.84. The summed E-state index contributed by atoms with van der Waals surface area (Å²) in [6.45, 7) is -0.588. The fraction of sp³-hybridized carbons (Fsp3) is 0.308. The van der Waals surface area contributed by atoms with Crippen molar-refractivity contribution in [3.05, 3.63) is 33.8 Å². The predicted octanol–water partition coefficient (Wildman–Crippen LogP) is 2.00. The van der Waals surface area contributed by atoms with Crippen LogP contribution >= 0.6 is 23.2 Å². The minimum absolute atomic E-state index is 0.0202. The molecule has 1 fully saturated rings.